The number of pyridine rings is 1. The molecular weight excluding hydrogens is 448 g/mol. The Morgan fingerprint density at radius 3 is 2.59 bits per heavy atom. The summed E-state index contributed by atoms with van der Waals surface area (Å²) >= 11 is 7.59. The van der Waals surface area contributed by atoms with Crippen LogP contribution in [0.4, 0.5) is 11.4 Å². The number of fused-ring (bicyclic) bond motifs is 1. The van der Waals surface area contributed by atoms with Crippen LogP contribution in [0.3, 0.4) is 0 Å². The van der Waals surface area contributed by atoms with Crippen molar-refractivity contribution in [1.82, 2.24) is 9.88 Å². The quantitative estimate of drug-likeness (QED) is 0.536. The van der Waals surface area contributed by atoms with Gasteiger partial charge in [0.2, 0.25) is 5.91 Å². The minimum absolute atomic E-state index is 0.157. The highest BCUT2D eigenvalue weighted by Gasteiger charge is 2.23. The lowest BCUT2D eigenvalue weighted by Crippen LogP contribution is -2.46. The molecule has 0 saturated carbocycles. The van der Waals surface area contributed by atoms with Crippen LogP contribution in [0.5, 0.6) is 0 Å². The molecule has 4 rings (SSSR count). The summed E-state index contributed by atoms with van der Waals surface area (Å²) in [6.45, 7) is 6.08. The maximum Gasteiger partial charge on any atom is 0.350 e. The number of carbonyl (C=O) groups excluding carboxylic acids is 2. The molecule has 3 heterocycles. The number of thiophene rings is 1. The van der Waals surface area contributed by atoms with Gasteiger partial charge in [0, 0.05) is 44.5 Å². The predicted molar refractivity (Wildman–Crippen MR) is 129 cm³/mol. The van der Waals surface area contributed by atoms with Crippen LogP contribution in [-0.2, 0) is 16.1 Å². The fourth-order valence-electron chi connectivity index (χ4n) is 3.78. The number of para-hydroxylation sites is 1. The lowest BCUT2D eigenvalue weighted by atomic mass is 10.2. The third kappa shape index (κ3) is 4.72. The van der Waals surface area contributed by atoms with Crippen LogP contribution in [-0.4, -0.2) is 55.0 Å². The third-order valence-electron chi connectivity index (χ3n) is 5.52. The van der Waals surface area contributed by atoms with Crippen LogP contribution in [0.1, 0.15) is 28.7 Å². The zero-order valence-electron chi connectivity index (χ0n) is 18.1. The molecule has 0 atom stereocenters. The topological polar surface area (TPSA) is 74.8 Å². The number of ether oxygens (including phenoxy) is 1. The summed E-state index contributed by atoms with van der Waals surface area (Å²) in [5.41, 5.74) is 2.48. The van der Waals surface area contributed by atoms with E-state index < -0.39 is 5.97 Å². The van der Waals surface area contributed by atoms with Crippen LogP contribution in [0.2, 0.25) is 5.02 Å². The molecule has 1 aliphatic heterocycles. The normalized spacial score (nSPS) is 14.5. The number of hydrogen-bond donors (Lipinski definition) is 1. The SMILES string of the molecule is CCC(=O)Nc1c(C(=O)OC)sc2nc(CN3CCN(c4ccccc4Cl)CC3)ccc12. The summed E-state index contributed by atoms with van der Waals surface area (Å²) in [6.07, 6.45) is 0.323. The van der Waals surface area contributed by atoms with Crippen LogP contribution in [0, 0.1) is 0 Å². The largest absolute Gasteiger partial charge is 0.465 e. The number of piperazine rings is 1. The maximum absolute atomic E-state index is 12.2. The number of amides is 1. The first-order valence-corrected chi connectivity index (χ1v) is 11.7. The van der Waals surface area contributed by atoms with E-state index in [2.05, 4.69) is 21.2 Å². The van der Waals surface area contributed by atoms with Gasteiger partial charge in [0.15, 0.2) is 0 Å². The second kappa shape index (κ2) is 9.85. The van der Waals surface area contributed by atoms with Gasteiger partial charge in [-0.05, 0) is 24.3 Å². The number of nitrogens with zero attached hydrogens (tertiary/aromatic N) is 3. The second-order valence-corrected chi connectivity index (χ2v) is 8.98. The Bertz CT molecular complexity index is 1140. The summed E-state index contributed by atoms with van der Waals surface area (Å²) < 4.78 is 4.90. The molecule has 3 aromatic rings. The minimum atomic E-state index is -0.475. The van der Waals surface area contributed by atoms with Gasteiger partial charge >= 0.3 is 5.97 Å². The molecule has 0 unspecified atom stereocenters. The number of halogens is 1. The number of anilines is 2. The van der Waals surface area contributed by atoms with E-state index >= 15 is 0 Å². The molecule has 2 aromatic heterocycles. The molecule has 1 fully saturated rings. The number of esters is 1. The molecule has 168 valence electrons. The molecule has 0 aliphatic carbocycles. The molecule has 0 spiro atoms. The standard InChI is InChI=1S/C23H25ClN4O3S/c1-3-19(29)26-20-16-9-8-15(25-22(16)32-21(20)23(30)31-2)14-27-10-12-28(13-11-27)18-7-5-4-6-17(18)24/h4-9H,3,10-14H2,1-2H3,(H,26,29). The highest BCUT2D eigenvalue weighted by molar-refractivity contribution is 7.21. The molecule has 0 radical (unpaired) electrons. The molecule has 9 heteroatoms. The van der Waals surface area contributed by atoms with Crippen LogP contribution >= 0.6 is 22.9 Å². The van der Waals surface area contributed by atoms with Crippen LogP contribution in [0.15, 0.2) is 36.4 Å². The summed E-state index contributed by atoms with van der Waals surface area (Å²) in [7, 11) is 1.33. The van der Waals surface area contributed by atoms with Gasteiger partial charge in [0.25, 0.3) is 0 Å². The van der Waals surface area contributed by atoms with E-state index in [0.717, 1.165) is 48.0 Å². The average molecular weight is 473 g/mol. The Labute approximate surface area is 195 Å². The van der Waals surface area contributed by atoms with E-state index in [4.69, 9.17) is 21.3 Å². The van der Waals surface area contributed by atoms with Crippen molar-refractivity contribution in [2.45, 2.75) is 19.9 Å². The maximum atomic E-state index is 12.2. The predicted octanol–water partition coefficient (Wildman–Crippen LogP) is 4.41. The van der Waals surface area contributed by atoms with Gasteiger partial charge < -0.3 is 15.0 Å². The summed E-state index contributed by atoms with van der Waals surface area (Å²) in [4.78, 5) is 34.7. The number of benzene rings is 1. The summed E-state index contributed by atoms with van der Waals surface area (Å²) in [5, 5.41) is 4.36. The molecule has 1 amide bonds. The Morgan fingerprint density at radius 1 is 1.16 bits per heavy atom. The zero-order chi connectivity index (χ0) is 22.7. The Kier molecular flexibility index (Phi) is 6.93. The van der Waals surface area contributed by atoms with Crippen molar-refractivity contribution in [2.24, 2.45) is 0 Å². The molecule has 32 heavy (non-hydrogen) atoms. The number of aromatic nitrogens is 1. The highest BCUT2D eigenvalue weighted by atomic mass is 35.5. The van der Waals surface area contributed by atoms with Gasteiger partial charge in [-0.15, -0.1) is 11.3 Å². The average Bonchev–Trinajstić information content (AvgIpc) is 3.17. The van der Waals surface area contributed by atoms with Gasteiger partial charge in [0.05, 0.1) is 29.2 Å². The smallest absolute Gasteiger partial charge is 0.350 e. The van der Waals surface area contributed by atoms with Gasteiger partial charge in [-0.3, -0.25) is 9.69 Å². The number of carbonyl (C=O) groups is 2. The Hall–Kier alpha value is -2.68. The van der Waals surface area contributed by atoms with Crippen molar-refractivity contribution in [3.63, 3.8) is 0 Å². The first-order chi connectivity index (χ1) is 15.5. The first kappa shape index (κ1) is 22.5. The molecule has 1 aliphatic rings. The van der Waals surface area contributed by atoms with Gasteiger partial charge in [0.1, 0.15) is 9.71 Å². The van der Waals surface area contributed by atoms with Crippen LogP contribution in [0.25, 0.3) is 10.2 Å². The Morgan fingerprint density at radius 2 is 1.91 bits per heavy atom. The minimum Gasteiger partial charge on any atom is -0.465 e. The lowest BCUT2D eigenvalue weighted by Gasteiger charge is -2.36. The van der Waals surface area contributed by atoms with Gasteiger partial charge in [-0.2, -0.15) is 0 Å². The third-order valence-corrected chi connectivity index (χ3v) is 6.92. The van der Waals surface area contributed by atoms with Crippen LogP contribution < -0.4 is 10.2 Å². The summed E-state index contributed by atoms with van der Waals surface area (Å²) in [5.74, 6) is -0.632. The molecular formula is C23H25ClN4O3S. The van der Waals surface area contributed by atoms with Crippen molar-refractivity contribution in [3.8, 4) is 0 Å². The van der Waals surface area contributed by atoms with E-state index in [-0.39, 0.29) is 5.91 Å². The van der Waals surface area contributed by atoms with Crippen molar-refractivity contribution >= 4 is 56.4 Å². The second-order valence-electron chi connectivity index (χ2n) is 7.57. The zero-order valence-corrected chi connectivity index (χ0v) is 19.6. The molecule has 0 bridgehead atoms. The van der Waals surface area contributed by atoms with Crippen molar-refractivity contribution < 1.29 is 14.3 Å². The molecule has 1 aromatic carbocycles. The molecule has 7 nitrogen and oxygen atoms in total. The van der Waals surface area contributed by atoms with Gasteiger partial charge in [-0.25, -0.2) is 9.78 Å². The van der Waals surface area contributed by atoms with Crippen molar-refractivity contribution in [2.75, 3.05) is 43.5 Å². The number of methoxy groups -OCH3 is 1. The molecule has 1 saturated heterocycles. The number of hydrogen-bond acceptors (Lipinski definition) is 7. The number of rotatable bonds is 6. The summed E-state index contributed by atoms with van der Waals surface area (Å²) in [6, 6.07) is 11.8. The van der Waals surface area contributed by atoms with E-state index in [1.807, 2.05) is 30.3 Å². The monoisotopic (exact) mass is 472 g/mol. The van der Waals surface area contributed by atoms with E-state index in [0.29, 0.717) is 28.4 Å². The van der Waals surface area contributed by atoms with Crippen molar-refractivity contribution in [3.05, 3.63) is 52.0 Å². The highest BCUT2D eigenvalue weighted by Crippen LogP contribution is 2.36. The van der Waals surface area contributed by atoms with Gasteiger partial charge in [-0.1, -0.05) is 30.7 Å². The van der Waals surface area contributed by atoms with E-state index in [1.165, 1.54) is 18.4 Å². The Balaban J connectivity index is 1.49. The van der Waals surface area contributed by atoms with E-state index in [1.54, 1.807) is 6.92 Å². The first-order valence-electron chi connectivity index (χ1n) is 10.5. The number of nitrogens with one attached hydrogen (secondary N) is 1. The van der Waals surface area contributed by atoms with E-state index in [9.17, 15) is 9.59 Å². The lowest BCUT2D eigenvalue weighted by molar-refractivity contribution is -0.115. The molecule has 1 N–H and O–H groups in total. The van der Waals surface area contributed by atoms with Crippen molar-refractivity contribution in [1.29, 1.82) is 0 Å². The fourth-order valence-corrected chi connectivity index (χ4v) is 5.10. The fraction of sp³-hybridized carbons (Fsp3) is 0.348.